The largest absolute Gasteiger partial charge is 0.294 e. The van der Waals surface area contributed by atoms with Gasteiger partial charge in [-0.2, -0.15) is 0 Å². The number of carbonyl (C=O) groups is 1. The third kappa shape index (κ3) is 2.99. The standard InChI is InChI=1S/C16H15ClO/c1-11-3-5-13(6-4-11)10-16(18)15-8-7-14(17)9-12(15)2/h3-9H,10H2,1-2H3. The number of carbonyl (C=O) groups excluding carboxylic acids is 1. The van der Waals surface area contributed by atoms with Crippen LogP contribution in [0.1, 0.15) is 27.0 Å². The van der Waals surface area contributed by atoms with Gasteiger partial charge in [-0.05, 0) is 43.2 Å². The lowest BCUT2D eigenvalue weighted by Crippen LogP contribution is -2.05. The fourth-order valence-electron chi connectivity index (χ4n) is 1.93. The highest BCUT2D eigenvalue weighted by Crippen LogP contribution is 2.17. The Kier molecular flexibility index (Phi) is 3.83. The van der Waals surface area contributed by atoms with Crippen LogP contribution in [0, 0.1) is 13.8 Å². The normalized spacial score (nSPS) is 10.4. The van der Waals surface area contributed by atoms with Crippen molar-refractivity contribution in [1.29, 1.82) is 0 Å². The fraction of sp³-hybridized carbons (Fsp3) is 0.188. The van der Waals surface area contributed by atoms with Gasteiger partial charge in [0.2, 0.25) is 0 Å². The zero-order valence-corrected chi connectivity index (χ0v) is 11.3. The second-order valence-corrected chi connectivity index (χ2v) is 4.98. The molecular formula is C16H15ClO. The molecule has 0 aromatic heterocycles. The lowest BCUT2D eigenvalue weighted by atomic mass is 9.99. The number of ketones is 1. The average molecular weight is 259 g/mol. The van der Waals surface area contributed by atoms with E-state index >= 15 is 0 Å². The van der Waals surface area contributed by atoms with E-state index in [1.165, 1.54) is 5.56 Å². The van der Waals surface area contributed by atoms with Crippen molar-refractivity contribution in [3.05, 3.63) is 69.7 Å². The first kappa shape index (κ1) is 12.8. The van der Waals surface area contributed by atoms with Gasteiger partial charge in [0.15, 0.2) is 5.78 Å². The van der Waals surface area contributed by atoms with Gasteiger partial charge in [-0.1, -0.05) is 41.4 Å². The van der Waals surface area contributed by atoms with Gasteiger partial charge >= 0.3 is 0 Å². The minimum absolute atomic E-state index is 0.132. The monoisotopic (exact) mass is 258 g/mol. The highest BCUT2D eigenvalue weighted by atomic mass is 35.5. The van der Waals surface area contributed by atoms with E-state index in [2.05, 4.69) is 0 Å². The minimum atomic E-state index is 0.132. The zero-order valence-electron chi connectivity index (χ0n) is 10.5. The van der Waals surface area contributed by atoms with E-state index in [-0.39, 0.29) is 5.78 Å². The molecule has 1 nitrogen and oxygen atoms in total. The van der Waals surface area contributed by atoms with Gasteiger partial charge in [-0.15, -0.1) is 0 Å². The Labute approximate surface area is 112 Å². The Bertz CT molecular complexity index is 570. The van der Waals surface area contributed by atoms with Crippen LogP contribution >= 0.6 is 11.6 Å². The molecule has 0 aliphatic carbocycles. The smallest absolute Gasteiger partial charge is 0.167 e. The van der Waals surface area contributed by atoms with E-state index in [0.717, 1.165) is 16.7 Å². The molecule has 0 spiro atoms. The summed E-state index contributed by atoms with van der Waals surface area (Å²) in [6, 6.07) is 13.4. The Balaban J connectivity index is 2.19. The number of hydrogen-bond donors (Lipinski definition) is 0. The van der Waals surface area contributed by atoms with Gasteiger partial charge in [0.1, 0.15) is 0 Å². The van der Waals surface area contributed by atoms with Gasteiger partial charge in [-0.3, -0.25) is 4.79 Å². The topological polar surface area (TPSA) is 17.1 Å². The van der Waals surface area contributed by atoms with Crippen molar-refractivity contribution in [2.24, 2.45) is 0 Å². The summed E-state index contributed by atoms with van der Waals surface area (Å²) in [5, 5.41) is 0.666. The van der Waals surface area contributed by atoms with E-state index in [0.29, 0.717) is 11.4 Å². The molecule has 2 rings (SSSR count). The van der Waals surface area contributed by atoms with Crippen LogP contribution in [0.5, 0.6) is 0 Å². The molecule has 18 heavy (non-hydrogen) atoms. The molecule has 0 aliphatic rings. The Morgan fingerprint density at radius 1 is 1.06 bits per heavy atom. The summed E-state index contributed by atoms with van der Waals surface area (Å²) in [6.07, 6.45) is 0.433. The van der Waals surface area contributed by atoms with Gasteiger partial charge in [-0.25, -0.2) is 0 Å². The second kappa shape index (κ2) is 5.36. The summed E-state index contributed by atoms with van der Waals surface area (Å²) >= 11 is 5.89. The molecule has 0 amide bonds. The first-order chi connectivity index (χ1) is 8.56. The molecule has 0 radical (unpaired) electrons. The predicted molar refractivity (Wildman–Crippen MR) is 75.4 cm³/mol. The lowest BCUT2D eigenvalue weighted by molar-refractivity contribution is 0.0992. The highest BCUT2D eigenvalue weighted by molar-refractivity contribution is 6.30. The van der Waals surface area contributed by atoms with E-state index in [4.69, 9.17) is 11.6 Å². The van der Waals surface area contributed by atoms with Crippen molar-refractivity contribution in [2.45, 2.75) is 20.3 Å². The SMILES string of the molecule is Cc1ccc(CC(=O)c2ccc(Cl)cc2C)cc1. The third-order valence-corrected chi connectivity index (χ3v) is 3.21. The molecule has 92 valence electrons. The highest BCUT2D eigenvalue weighted by Gasteiger charge is 2.10. The van der Waals surface area contributed by atoms with Crippen molar-refractivity contribution >= 4 is 17.4 Å². The van der Waals surface area contributed by atoms with Crippen molar-refractivity contribution in [3.63, 3.8) is 0 Å². The Morgan fingerprint density at radius 3 is 2.33 bits per heavy atom. The van der Waals surface area contributed by atoms with Gasteiger partial charge in [0.25, 0.3) is 0 Å². The molecule has 0 N–H and O–H groups in total. The van der Waals surface area contributed by atoms with Crippen LogP contribution in [0.25, 0.3) is 0 Å². The van der Waals surface area contributed by atoms with Crippen molar-refractivity contribution in [1.82, 2.24) is 0 Å². The van der Waals surface area contributed by atoms with Gasteiger partial charge in [0, 0.05) is 17.0 Å². The van der Waals surface area contributed by atoms with Crippen LogP contribution in [-0.4, -0.2) is 5.78 Å². The predicted octanol–water partition coefficient (Wildman–Crippen LogP) is 4.38. The summed E-state index contributed by atoms with van der Waals surface area (Å²) in [7, 11) is 0. The molecule has 0 unspecified atom stereocenters. The average Bonchev–Trinajstić information content (AvgIpc) is 2.32. The molecule has 2 aromatic rings. The van der Waals surface area contributed by atoms with E-state index in [9.17, 15) is 4.79 Å². The summed E-state index contributed by atoms with van der Waals surface area (Å²) in [4.78, 5) is 12.2. The summed E-state index contributed by atoms with van der Waals surface area (Å²) < 4.78 is 0. The number of benzene rings is 2. The maximum Gasteiger partial charge on any atom is 0.167 e. The maximum atomic E-state index is 12.2. The number of Topliss-reactive ketones (excluding diaryl/α,β-unsaturated/α-hetero) is 1. The van der Waals surface area contributed by atoms with Crippen molar-refractivity contribution in [2.75, 3.05) is 0 Å². The van der Waals surface area contributed by atoms with E-state index in [1.807, 2.05) is 44.2 Å². The zero-order chi connectivity index (χ0) is 13.1. The quantitative estimate of drug-likeness (QED) is 0.747. The van der Waals surface area contributed by atoms with E-state index in [1.54, 1.807) is 12.1 Å². The third-order valence-electron chi connectivity index (χ3n) is 2.97. The molecule has 0 heterocycles. The first-order valence-electron chi connectivity index (χ1n) is 5.91. The minimum Gasteiger partial charge on any atom is -0.294 e. The fourth-order valence-corrected chi connectivity index (χ4v) is 2.15. The summed E-state index contributed by atoms with van der Waals surface area (Å²) in [6.45, 7) is 3.95. The van der Waals surface area contributed by atoms with Gasteiger partial charge in [0.05, 0.1) is 0 Å². The molecule has 2 heteroatoms. The molecule has 0 atom stereocenters. The summed E-state index contributed by atoms with van der Waals surface area (Å²) in [5.41, 5.74) is 3.92. The number of hydrogen-bond acceptors (Lipinski definition) is 1. The molecule has 0 bridgehead atoms. The second-order valence-electron chi connectivity index (χ2n) is 4.54. The molecule has 2 aromatic carbocycles. The molecule has 0 saturated heterocycles. The Hall–Kier alpha value is -1.60. The van der Waals surface area contributed by atoms with E-state index < -0.39 is 0 Å². The lowest BCUT2D eigenvalue weighted by Gasteiger charge is -2.06. The molecule has 0 aliphatic heterocycles. The molecular weight excluding hydrogens is 244 g/mol. The maximum absolute atomic E-state index is 12.2. The number of rotatable bonds is 3. The Morgan fingerprint density at radius 2 is 1.72 bits per heavy atom. The van der Waals surface area contributed by atoms with Crippen molar-refractivity contribution < 1.29 is 4.79 Å². The van der Waals surface area contributed by atoms with Crippen LogP contribution in [0.15, 0.2) is 42.5 Å². The van der Waals surface area contributed by atoms with Crippen LogP contribution in [0.2, 0.25) is 5.02 Å². The summed E-state index contributed by atoms with van der Waals surface area (Å²) in [5.74, 6) is 0.132. The molecule has 0 fully saturated rings. The molecule has 0 saturated carbocycles. The number of halogens is 1. The first-order valence-corrected chi connectivity index (χ1v) is 6.29. The van der Waals surface area contributed by atoms with Gasteiger partial charge < -0.3 is 0 Å². The van der Waals surface area contributed by atoms with Crippen LogP contribution < -0.4 is 0 Å². The van der Waals surface area contributed by atoms with Crippen LogP contribution in [-0.2, 0) is 6.42 Å². The van der Waals surface area contributed by atoms with Crippen molar-refractivity contribution in [3.8, 4) is 0 Å². The van der Waals surface area contributed by atoms with Crippen LogP contribution in [0.4, 0.5) is 0 Å². The van der Waals surface area contributed by atoms with Crippen LogP contribution in [0.3, 0.4) is 0 Å². The number of aryl methyl sites for hydroxylation is 2.